The molecule has 0 atom stereocenters. The van der Waals surface area contributed by atoms with Gasteiger partial charge in [-0.05, 0) is 60.0 Å². The zero-order valence-electron chi connectivity index (χ0n) is 22.4. The van der Waals surface area contributed by atoms with Crippen molar-refractivity contribution in [1.29, 1.82) is 5.26 Å². The summed E-state index contributed by atoms with van der Waals surface area (Å²) in [6.45, 7) is 7.09. The van der Waals surface area contributed by atoms with Gasteiger partial charge in [0.1, 0.15) is 30.3 Å². The van der Waals surface area contributed by atoms with Gasteiger partial charge >= 0.3 is 5.97 Å². The van der Waals surface area contributed by atoms with E-state index in [1.54, 1.807) is 32.2 Å². The molecule has 0 aliphatic rings. The van der Waals surface area contributed by atoms with E-state index >= 15 is 0 Å². The van der Waals surface area contributed by atoms with Crippen LogP contribution >= 0.6 is 0 Å². The van der Waals surface area contributed by atoms with Crippen molar-refractivity contribution in [3.8, 4) is 22.9 Å². The Morgan fingerprint density at radius 3 is 2.55 bits per heavy atom. The fourth-order valence-electron chi connectivity index (χ4n) is 4.08. The highest BCUT2D eigenvalue weighted by molar-refractivity contribution is 5.93. The number of fused-ring (bicyclic) bond motifs is 1. The standard InChI is InChI=1S/C29H28N2O5.C2H6/c1-3-34-28(32)14-23-8-7-20(16-31)12-27(23)35-17-21-10-24-13-25(18-33-2)36-29(24)26(11-21)22-6-4-5-19(9-22)15-30;1-2/h4-13H,3,14-15,17-18,30H2,1-2H3;1-2H3. The van der Waals surface area contributed by atoms with Gasteiger partial charge < -0.3 is 24.4 Å². The highest BCUT2D eigenvalue weighted by Crippen LogP contribution is 2.34. The minimum absolute atomic E-state index is 0.0627. The number of carbonyl (C=O) groups excluding carboxylic acids is 1. The number of benzene rings is 3. The first-order valence-corrected chi connectivity index (χ1v) is 12.7. The molecule has 0 aliphatic carbocycles. The van der Waals surface area contributed by atoms with Crippen molar-refractivity contribution in [2.24, 2.45) is 5.73 Å². The maximum absolute atomic E-state index is 12.1. The average molecular weight is 515 g/mol. The Kier molecular flexibility index (Phi) is 10.5. The number of furan rings is 1. The van der Waals surface area contributed by atoms with E-state index in [2.05, 4.69) is 6.07 Å². The maximum atomic E-state index is 12.1. The van der Waals surface area contributed by atoms with Crippen LogP contribution in [-0.4, -0.2) is 19.7 Å². The van der Waals surface area contributed by atoms with Crippen LogP contribution in [0.4, 0.5) is 0 Å². The Bertz CT molecular complexity index is 1420. The average Bonchev–Trinajstić information content (AvgIpc) is 3.36. The lowest BCUT2D eigenvalue weighted by molar-refractivity contribution is -0.142. The molecule has 0 bridgehead atoms. The predicted octanol–water partition coefficient (Wildman–Crippen LogP) is 6.29. The van der Waals surface area contributed by atoms with Gasteiger partial charge in [-0.15, -0.1) is 0 Å². The molecule has 0 amide bonds. The molecule has 0 spiro atoms. The van der Waals surface area contributed by atoms with E-state index in [0.29, 0.717) is 36.6 Å². The molecule has 3 aromatic carbocycles. The second-order valence-corrected chi connectivity index (χ2v) is 8.32. The molecule has 7 nitrogen and oxygen atoms in total. The van der Waals surface area contributed by atoms with Gasteiger partial charge in [0.25, 0.3) is 0 Å². The monoisotopic (exact) mass is 514 g/mol. The number of esters is 1. The summed E-state index contributed by atoms with van der Waals surface area (Å²) in [7, 11) is 1.63. The Morgan fingerprint density at radius 1 is 1.03 bits per heavy atom. The number of ether oxygens (including phenoxy) is 3. The molecule has 198 valence electrons. The van der Waals surface area contributed by atoms with Crippen LogP contribution in [-0.2, 0) is 40.4 Å². The van der Waals surface area contributed by atoms with E-state index < -0.39 is 0 Å². The lowest BCUT2D eigenvalue weighted by atomic mass is 9.99. The van der Waals surface area contributed by atoms with Crippen LogP contribution in [0.2, 0.25) is 0 Å². The van der Waals surface area contributed by atoms with E-state index in [0.717, 1.165) is 39.0 Å². The summed E-state index contributed by atoms with van der Waals surface area (Å²) in [6.07, 6.45) is 0.0627. The smallest absolute Gasteiger partial charge is 0.310 e. The lowest BCUT2D eigenvalue weighted by Crippen LogP contribution is -2.09. The number of nitriles is 1. The van der Waals surface area contributed by atoms with Gasteiger partial charge in [-0.3, -0.25) is 4.79 Å². The molecule has 0 aliphatic heterocycles. The molecule has 38 heavy (non-hydrogen) atoms. The van der Waals surface area contributed by atoms with Crippen molar-refractivity contribution in [2.75, 3.05) is 13.7 Å². The quantitative estimate of drug-likeness (QED) is 0.248. The van der Waals surface area contributed by atoms with Gasteiger partial charge in [-0.25, -0.2) is 0 Å². The first-order valence-electron chi connectivity index (χ1n) is 12.7. The first-order chi connectivity index (χ1) is 18.5. The van der Waals surface area contributed by atoms with Crippen LogP contribution < -0.4 is 10.5 Å². The van der Waals surface area contributed by atoms with Crippen LogP contribution in [0.3, 0.4) is 0 Å². The number of hydrogen-bond acceptors (Lipinski definition) is 7. The number of hydrogen-bond donors (Lipinski definition) is 1. The summed E-state index contributed by atoms with van der Waals surface area (Å²) in [5.74, 6) is 0.848. The van der Waals surface area contributed by atoms with Gasteiger partial charge in [0.05, 0.1) is 24.7 Å². The Balaban J connectivity index is 0.00000195. The molecular weight excluding hydrogens is 480 g/mol. The van der Waals surface area contributed by atoms with Crippen LogP contribution in [0, 0.1) is 11.3 Å². The lowest BCUT2D eigenvalue weighted by Gasteiger charge is -2.13. The predicted molar refractivity (Wildman–Crippen MR) is 147 cm³/mol. The van der Waals surface area contributed by atoms with E-state index in [-0.39, 0.29) is 19.0 Å². The minimum Gasteiger partial charge on any atom is -0.489 e. The summed E-state index contributed by atoms with van der Waals surface area (Å²) < 4.78 is 22.6. The fourth-order valence-corrected chi connectivity index (χ4v) is 4.08. The molecule has 0 saturated carbocycles. The topological polar surface area (TPSA) is 108 Å². The normalized spacial score (nSPS) is 10.4. The number of methoxy groups -OCH3 is 1. The number of rotatable bonds is 10. The number of nitrogens with two attached hydrogens (primary N) is 1. The third-order valence-electron chi connectivity index (χ3n) is 5.72. The molecule has 0 fully saturated rings. The molecule has 0 unspecified atom stereocenters. The van der Waals surface area contributed by atoms with E-state index in [1.165, 1.54) is 0 Å². The third kappa shape index (κ3) is 7.00. The first kappa shape index (κ1) is 28.5. The zero-order chi connectivity index (χ0) is 27.5. The van der Waals surface area contributed by atoms with Gasteiger partial charge in [-0.2, -0.15) is 5.26 Å². The Labute approximate surface area is 223 Å². The second kappa shape index (κ2) is 14.0. The molecule has 2 N–H and O–H groups in total. The number of carbonyl (C=O) groups is 1. The summed E-state index contributed by atoms with van der Waals surface area (Å²) >= 11 is 0. The molecule has 4 rings (SSSR count). The summed E-state index contributed by atoms with van der Waals surface area (Å²) in [4.78, 5) is 12.1. The maximum Gasteiger partial charge on any atom is 0.310 e. The van der Waals surface area contributed by atoms with Crippen molar-refractivity contribution in [2.45, 2.75) is 47.0 Å². The molecule has 7 heteroatoms. The summed E-state index contributed by atoms with van der Waals surface area (Å²) in [5, 5.41) is 10.3. The Hall–Kier alpha value is -4.12. The van der Waals surface area contributed by atoms with Gasteiger partial charge in [0.15, 0.2) is 0 Å². The van der Waals surface area contributed by atoms with Crippen molar-refractivity contribution in [1.82, 2.24) is 0 Å². The summed E-state index contributed by atoms with van der Waals surface area (Å²) in [5.41, 5.74) is 11.6. The van der Waals surface area contributed by atoms with Crippen molar-refractivity contribution in [3.63, 3.8) is 0 Å². The SMILES string of the molecule is CC.CCOC(=O)Cc1ccc(C#N)cc1OCc1cc(-c2cccc(CN)c2)c2oc(COC)cc2c1. The van der Waals surface area contributed by atoms with E-state index in [1.807, 2.05) is 56.3 Å². The van der Waals surface area contributed by atoms with Gasteiger partial charge in [0.2, 0.25) is 0 Å². The second-order valence-electron chi connectivity index (χ2n) is 8.32. The van der Waals surface area contributed by atoms with Crippen LogP contribution in [0.1, 0.15) is 48.8 Å². The largest absolute Gasteiger partial charge is 0.489 e. The molecule has 0 saturated heterocycles. The van der Waals surface area contributed by atoms with Crippen molar-refractivity contribution in [3.05, 3.63) is 88.7 Å². The zero-order valence-corrected chi connectivity index (χ0v) is 22.4. The van der Waals surface area contributed by atoms with Crippen LogP contribution in [0.5, 0.6) is 5.75 Å². The van der Waals surface area contributed by atoms with Gasteiger partial charge in [0, 0.05) is 30.2 Å². The van der Waals surface area contributed by atoms with E-state index in [4.69, 9.17) is 24.4 Å². The third-order valence-corrected chi connectivity index (χ3v) is 5.72. The summed E-state index contributed by atoms with van der Waals surface area (Å²) in [6, 6.07) is 21.2. The molecule has 1 aromatic heterocycles. The van der Waals surface area contributed by atoms with Crippen molar-refractivity contribution < 1.29 is 23.4 Å². The number of nitrogens with zero attached hydrogens (tertiary/aromatic N) is 1. The molecular formula is C31H34N2O5. The van der Waals surface area contributed by atoms with Crippen LogP contribution in [0.15, 0.2) is 65.1 Å². The van der Waals surface area contributed by atoms with Gasteiger partial charge in [-0.1, -0.05) is 38.1 Å². The van der Waals surface area contributed by atoms with Crippen LogP contribution in [0.25, 0.3) is 22.1 Å². The molecule has 0 radical (unpaired) electrons. The highest BCUT2D eigenvalue weighted by Gasteiger charge is 2.15. The van der Waals surface area contributed by atoms with E-state index in [9.17, 15) is 10.1 Å². The molecule has 4 aromatic rings. The van der Waals surface area contributed by atoms with Crippen molar-refractivity contribution >= 4 is 16.9 Å². The highest BCUT2D eigenvalue weighted by atomic mass is 16.5. The Morgan fingerprint density at radius 2 is 1.84 bits per heavy atom. The fraction of sp³-hybridized carbons (Fsp3) is 0.290. The minimum atomic E-state index is -0.348. The molecule has 1 heterocycles.